The second-order valence-electron chi connectivity index (χ2n) is 5.98. The van der Waals surface area contributed by atoms with E-state index in [1.807, 2.05) is 0 Å². The number of carbonyl (C=O) groups excluding carboxylic acids is 1. The quantitative estimate of drug-likeness (QED) is 0.813. The number of nitrogens with one attached hydrogen (secondary N) is 1. The number of hydrogen-bond donors (Lipinski definition) is 1. The number of amides is 1. The van der Waals surface area contributed by atoms with Gasteiger partial charge in [-0.3, -0.25) is 0 Å². The Balaban J connectivity index is 2.82. The monoisotopic (exact) mass is 295 g/mol. The van der Waals surface area contributed by atoms with Gasteiger partial charge in [0.2, 0.25) is 0 Å². The average Bonchev–Trinajstić information content (AvgIpc) is 2.26. The maximum absolute atomic E-state index is 13.6. The van der Waals surface area contributed by atoms with Gasteiger partial charge in [0.05, 0.1) is 6.04 Å². The molecule has 1 aliphatic rings. The van der Waals surface area contributed by atoms with Gasteiger partial charge in [-0.1, -0.05) is 0 Å². The van der Waals surface area contributed by atoms with Crippen LogP contribution in [0.5, 0.6) is 0 Å². The van der Waals surface area contributed by atoms with Crippen molar-refractivity contribution in [3.8, 4) is 0 Å². The second kappa shape index (κ2) is 5.81. The van der Waals surface area contributed by atoms with Gasteiger partial charge in [-0.15, -0.1) is 0 Å². The fourth-order valence-electron chi connectivity index (χ4n) is 2.27. The Morgan fingerprint density at radius 2 is 1.75 bits per heavy atom. The van der Waals surface area contributed by atoms with E-state index < -0.39 is 35.9 Å². The van der Waals surface area contributed by atoms with Gasteiger partial charge in [-0.2, -0.15) is 0 Å². The Kier molecular flexibility index (Phi) is 4.97. The standard InChI is InChI=1S/C13H23F2NO4/c1-11(2,3)20-10(17)16-9-8-12(14,15)6-7-13(9,18-4)19-5/h9H,6-8H2,1-5H3,(H,16,17). The molecule has 1 saturated carbocycles. The third-order valence-corrected chi connectivity index (χ3v) is 3.25. The number of alkyl carbamates (subject to hydrolysis) is 1. The number of methoxy groups -OCH3 is 2. The molecule has 5 nitrogen and oxygen atoms in total. The predicted molar refractivity (Wildman–Crippen MR) is 68.7 cm³/mol. The normalized spacial score (nSPS) is 25.1. The predicted octanol–water partition coefficient (Wildman–Crippen LogP) is 2.69. The molecule has 0 radical (unpaired) electrons. The number of halogens is 2. The smallest absolute Gasteiger partial charge is 0.408 e. The summed E-state index contributed by atoms with van der Waals surface area (Å²) in [5, 5.41) is 2.43. The summed E-state index contributed by atoms with van der Waals surface area (Å²) >= 11 is 0. The number of hydrogen-bond acceptors (Lipinski definition) is 4. The molecule has 1 aliphatic carbocycles. The van der Waals surface area contributed by atoms with E-state index in [2.05, 4.69) is 5.32 Å². The zero-order valence-electron chi connectivity index (χ0n) is 12.6. The van der Waals surface area contributed by atoms with Crippen LogP contribution >= 0.6 is 0 Å². The molecule has 0 saturated heterocycles. The van der Waals surface area contributed by atoms with Crippen LogP contribution in [0, 0.1) is 0 Å². The zero-order valence-corrected chi connectivity index (χ0v) is 12.6. The summed E-state index contributed by atoms with van der Waals surface area (Å²) in [7, 11) is 2.74. The number of ether oxygens (including phenoxy) is 3. The van der Waals surface area contributed by atoms with Crippen molar-refractivity contribution in [2.75, 3.05) is 14.2 Å². The molecule has 118 valence electrons. The van der Waals surface area contributed by atoms with E-state index in [9.17, 15) is 13.6 Å². The minimum Gasteiger partial charge on any atom is -0.444 e. The second-order valence-corrected chi connectivity index (χ2v) is 5.98. The Labute approximate surface area is 117 Å². The number of alkyl halides is 2. The lowest BCUT2D eigenvalue weighted by Crippen LogP contribution is -2.60. The number of carbonyl (C=O) groups is 1. The largest absolute Gasteiger partial charge is 0.444 e. The molecule has 1 atom stereocenters. The first kappa shape index (κ1) is 17.1. The topological polar surface area (TPSA) is 56.8 Å². The molecule has 0 aromatic rings. The number of rotatable bonds is 3. The maximum atomic E-state index is 13.6. The van der Waals surface area contributed by atoms with Crippen LogP contribution in [0.4, 0.5) is 13.6 Å². The Morgan fingerprint density at radius 3 is 2.20 bits per heavy atom. The molecule has 20 heavy (non-hydrogen) atoms. The molecular formula is C13H23F2NO4. The van der Waals surface area contributed by atoms with Crippen LogP contribution in [0.25, 0.3) is 0 Å². The van der Waals surface area contributed by atoms with Crippen LogP contribution in [-0.4, -0.2) is 43.7 Å². The summed E-state index contributed by atoms with van der Waals surface area (Å²) < 4.78 is 42.7. The minimum absolute atomic E-state index is 0.00648. The molecule has 1 fully saturated rings. The fraction of sp³-hybridized carbons (Fsp3) is 0.923. The first-order valence-electron chi connectivity index (χ1n) is 6.51. The van der Waals surface area contributed by atoms with Gasteiger partial charge in [0.15, 0.2) is 5.79 Å². The van der Waals surface area contributed by atoms with Gasteiger partial charge in [0.25, 0.3) is 5.92 Å². The summed E-state index contributed by atoms with van der Waals surface area (Å²) in [6, 6.07) is -0.976. The van der Waals surface area contributed by atoms with Crippen LogP contribution in [0.1, 0.15) is 40.0 Å². The van der Waals surface area contributed by atoms with Crippen molar-refractivity contribution in [2.24, 2.45) is 0 Å². The van der Waals surface area contributed by atoms with E-state index in [0.29, 0.717) is 0 Å². The lowest BCUT2D eigenvalue weighted by molar-refractivity contribution is -0.261. The molecule has 0 heterocycles. The van der Waals surface area contributed by atoms with Crippen LogP contribution < -0.4 is 5.32 Å². The molecule has 0 aromatic carbocycles. The summed E-state index contributed by atoms with van der Waals surface area (Å²) in [6.07, 6.45) is -1.67. The van der Waals surface area contributed by atoms with Crippen molar-refractivity contribution >= 4 is 6.09 Å². The summed E-state index contributed by atoms with van der Waals surface area (Å²) in [5.74, 6) is -4.11. The molecular weight excluding hydrogens is 272 g/mol. The van der Waals surface area contributed by atoms with Crippen molar-refractivity contribution in [1.82, 2.24) is 5.32 Å². The highest BCUT2D eigenvalue weighted by Crippen LogP contribution is 2.40. The van der Waals surface area contributed by atoms with Crippen molar-refractivity contribution in [3.63, 3.8) is 0 Å². The lowest BCUT2D eigenvalue weighted by atomic mass is 9.86. The van der Waals surface area contributed by atoms with E-state index in [1.54, 1.807) is 20.8 Å². The first-order valence-corrected chi connectivity index (χ1v) is 6.51. The molecule has 0 spiro atoms. The minimum atomic E-state index is -2.86. The Morgan fingerprint density at radius 1 is 1.20 bits per heavy atom. The van der Waals surface area contributed by atoms with Gasteiger partial charge >= 0.3 is 6.09 Å². The molecule has 0 bridgehead atoms. The van der Waals surface area contributed by atoms with Crippen molar-refractivity contribution in [1.29, 1.82) is 0 Å². The molecule has 1 amide bonds. The van der Waals surface area contributed by atoms with Gasteiger partial charge in [-0.05, 0) is 20.8 Å². The Hall–Kier alpha value is -0.950. The molecule has 1 unspecified atom stereocenters. The van der Waals surface area contributed by atoms with E-state index in [4.69, 9.17) is 14.2 Å². The van der Waals surface area contributed by atoms with Gasteiger partial charge < -0.3 is 19.5 Å². The lowest BCUT2D eigenvalue weighted by Gasteiger charge is -2.44. The highest BCUT2D eigenvalue weighted by molar-refractivity contribution is 5.68. The van der Waals surface area contributed by atoms with Crippen molar-refractivity contribution in [2.45, 2.75) is 63.4 Å². The molecule has 1 rings (SSSR count). The summed E-state index contributed by atoms with van der Waals surface area (Å²) in [4.78, 5) is 11.8. The van der Waals surface area contributed by atoms with Crippen LogP contribution in [0.3, 0.4) is 0 Å². The molecule has 0 aromatic heterocycles. The van der Waals surface area contributed by atoms with Crippen molar-refractivity contribution in [3.05, 3.63) is 0 Å². The van der Waals surface area contributed by atoms with Gasteiger partial charge in [0.1, 0.15) is 5.60 Å². The van der Waals surface area contributed by atoms with E-state index in [1.165, 1.54) is 14.2 Å². The zero-order chi connectivity index (χ0) is 15.6. The van der Waals surface area contributed by atoms with Gasteiger partial charge in [-0.25, -0.2) is 13.6 Å². The average molecular weight is 295 g/mol. The Bertz CT molecular complexity index is 351. The molecule has 0 aliphatic heterocycles. The maximum Gasteiger partial charge on any atom is 0.408 e. The summed E-state index contributed by atoms with van der Waals surface area (Å²) in [6.45, 7) is 5.09. The SMILES string of the molecule is COC1(OC)CCC(F)(F)CC1NC(=O)OC(C)(C)C. The first-order chi connectivity index (χ1) is 9.03. The van der Waals surface area contributed by atoms with E-state index in [0.717, 1.165) is 0 Å². The molecule has 1 N–H and O–H groups in total. The van der Waals surface area contributed by atoms with E-state index >= 15 is 0 Å². The highest BCUT2D eigenvalue weighted by Gasteiger charge is 2.52. The van der Waals surface area contributed by atoms with Gasteiger partial charge in [0, 0.05) is 33.5 Å². The van der Waals surface area contributed by atoms with Crippen LogP contribution in [-0.2, 0) is 14.2 Å². The van der Waals surface area contributed by atoms with Crippen LogP contribution in [0.2, 0.25) is 0 Å². The van der Waals surface area contributed by atoms with Crippen LogP contribution in [0.15, 0.2) is 0 Å². The third-order valence-electron chi connectivity index (χ3n) is 3.25. The van der Waals surface area contributed by atoms with E-state index in [-0.39, 0.29) is 12.8 Å². The molecule has 7 heteroatoms. The summed E-state index contributed by atoms with van der Waals surface area (Å²) in [5.41, 5.74) is -0.704. The highest BCUT2D eigenvalue weighted by atomic mass is 19.3. The third kappa shape index (κ3) is 4.28. The fourth-order valence-corrected chi connectivity index (χ4v) is 2.27. The van der Waals surface area contributed by atoms with Crippen molar-refractivity contribution < 1.29 is 27.8 Å².